The first-order valence-electron chi connectivity index (χ1n) is 5.70. The van der Waals surface area contributed by atoms with E-state index in [2.05, 4.69) is 20.2 Å². The number of benzene rings is 2. The van der Waals surface area contributed by atoms with Crippen LogP contribution in [0.4, 0.5) is 0 Å². The third-order valence-corrected chi connectivity index (χ3v) is 2.30. The second-order valence-corrected chi connectivity index (χ2v) is 3.65. The molecular weight excluding hydrogens is 260 g/mol. The van der Waals surface area contributed by atoms with Crippen molar-refractivity contribution in [2.45, 2.75) is 0 Å². The van der Waals surface area contributed by atoms with Crippen LogP contribution in [0.3, 0.4) is 0 Å². The van der Waals surface area contributed by atoms with Crippen molar-refractivity contribution in [3.8, 4) is 0 Å². The van der Waals surface area contributed by atoms with Crippen LogP contribution in [0.1, 0.15) is 20.7 Å². The molecule has 0 fully saturated rings. The lowest BCUT2D eigenvalue weighted by Crippen LogP contribution is -2.01. The molecule has 2 aromatic carbocycles. The predicted octanol–water partition coefficient (Wildman–Crippen LogP) is 2.98. The highest BCUT2D eigenvalue weighted by atomic mass is 16.8. The first-order valence-corrected chi connectivity index (χ1v) is 5.70. The van der Waals surface area contributed by atoms with Crippen LogP contribution in [-0.2, 0) is 9.68 Å². The zero-order chi connectivity index (χ0) is 14.2. The van der Waals surface area contributed by atoms with Gasteiger partial charge >= 0.3 is 11.9 Å². The topological polar surface area (TPSA) is 77.3 Å². The van der Waals surface area contributed by atoms with Gasteiger partial charge in [-0.2, -0.15) is 0 Å². The molecular formula is C14H10N2O4. The van der Waals surface area contributed by atoms with Crippen LogP contribution in [0.5, 0.6) is 0 Å². The van der Waals surface area contributed by atoms with Crippen molar-refractivity contribution in [2.24, 2.45) is 10.6 Å². The monoisotopic (exact) mass is 270 g/mol. The number of carbonyl (C=O) groups excluding carboxylic acids is 2. The van der Waals surface area contributed by atoms with Gasteiger partial charge in [-0.05, 0) is 24.3 Å². The standard InChI is InChI=1S/C14H10N2O4/c17-13(11-7-3-1-4-8-11)19-15-16-20-14(18)12-9-5-2-6-10-12/h1-10H. The summed E-state index contributed by atoms with van der Waals surface area (Å²) < 4.78 is 0. The summed E-state index contributed by atoms with van der Waals surface area (Å²) in [6.45, 7) is 0. The maximum absolute atomic E-state index is 11.4. The van der Waals surface area contributed by atoms with Crippen molar-refractivity contribution in [3.63, 3.8) is 0 Å². The second-order valence-electron chi connectivity index (χ2n) is 3.65. The minimum Gasteiger partial charge on any atom is -0.292 e. The molecule has 0 saturated heterocycles. The Bertz CT molecular complexity index is 556. The minimum absolute atomic E-state index is 0.320. The SMILES string of the molecule is O=C(ON=NOC(=O)c1ccccc1)c1ccccc1. The summed E-state index contributed by atoms with van der Waals surface area (Å²) >= 11 is 0. The molecule has 100 valence electrons. The highest BCUT2D eigenvalue weighted by Crippen LogP contribution is 2.03. The molecule has 0 amide bonds. The molecule has 0 heterocycles. The van der Waals surface area contributed by atoms with E-state index in [0.717, 1.165) is 0 Å². The number of rotatable bonds is 4. The van der Waals surface area contributed by atoms with Crippen LogP contribution in [-0.4, -0.2) is 11.9 Å². The van der Waals surface area contributed by atoms with Gasteiger partial charge in [-0.25, -0.2) is 9.59 Å². The maximum Gasteiger partial charge on any atom is 0.367 e. The summed E-state index contributed by atoms with van der Waals surface area (Å²) in [7, 11) is 0. The van der Waals surface area contributed by atoms with Gasteiger partial charge in [0.05, 0.1) is 21.7 Å². The van der Waals surface area contributed by atoms with Crippen molar-refractivity contribution in [1.82, 2.24) is 0 Å². The van der Waals surface area contributed by atoms with Crippen LogP contribution in [0, 0.1) is 0 Å². The zero-order valence-electron chi connectivity index (χ0n) is 10.3. The molecule has 0 aliphatic rings. The summed E-state index contributed by atoms with van der Waals surface area (Å²) in [5.74, 6) is -1.38. The molecule has 0 N–H and O–H groups in total. The molecule has 0 radical (unpaired) electrons. The maximum atomic E-state index is 11.4. The minimum atomic E-state index is -0.690. The smallest absolute Gasteiger partial charge is 0.292 e. The summed E-state index contributed by atoms with van der Waals surface area (Å²) in [6.07, 6.45) is 0. The van der Waals surface area contributed by atoms with E-state index in [1.165, 1.54) is 0 Å². The molecule has 0 aliphatic carbocycles. The van der Waals surface area contributed by atoms with E-state index >= 15 is 0 Å². The lowest BCUT2D eigenvalue weighted by atomic mass is 10.2. The van der Waals surface area contributed by atoms with Crippen LogP contribution >= 0.6 is 0 Å². The lowest BCUT2D eigenvalue weighted by Gasteiger charge is -1.96. The Hall–Kier alpha value is -3.02. The first kappa shape index (κ1) is 13.4. The zero-order valence-corrected chi connectivity index (χ0v) is 10.3. The number of hydrogen-bond donors (Lipinski definition) is 0. The molecule has 0 aliphatic heterocycles. The average Bonchev–Trinajstić information content (AvgIpc) is 2.53. The Morgan fingerprint density at radius 2 is 1.00 bits per heavy atom. The van der Waals surface area contributed by atoms with E-state index in [1.54, 1.807) is 60.7 Å². The second kappa shape index (κ2) is 6.79. The van der Waals surface area contributed by atoms with E-state index in [1.807, 2.05) is 0 Å². The molecule has 0 unspecified atom stereocenters. The molecule has 2 aromatic rings. The van der Waals surface area contributed by atoms with Crippen LogP contribution in [0.2, 0.25) is 0 Å². The molecule has 0 atom stereocenters. The van der Waals surface area contributed by atoms with Gasteiger partial charge in [-0.1, -0.05) is 36.4 Å². The summed E-state index contributed by atoms with van der Waals surface area (Å²) in [5, 5.41) is 6.09. The number of carbonyl (C=O) groups is 2. The van der Waals surface area contributed by atoms with Crippen LogP contribution in [0.15, 0.2) is 71.2 Å². The molecule has 6 heteroatoms. The molecule has 6 nitrogen and oxygen atoms in total. The Morgan fingerprint density at radius 1 is 0.650 bits per heavy atom. The Morgan fingerprint density at radius 3 is 1.35 bits per heavy atom. The molecule has 0 aromatic heterocycles. The molecule has 0 spiro atoms. The van der Waals surface area contributed by atoms with E-state index < -0.39 is 11.9 Å². The Labute approximate surface area is 114 Å². The Balaban J connectivity index is 1.83. The molecule has 2 rings (SSSR count). The predicted molar refractivity (Wildman–Crippen MR) is 68.6 cm³/mol. The van der Waals surface area contributed by atoms with E-state index in [4.69, 9.17) is 0 Å². The van der Waals surface area contributed by atoms with Crippen molar-refractivity contribution in [1.29, 1.82) is 0 Å². The van der Waals surface area contributed by atoms with Gasteiger partial charge in [0.1, 0.15) is 0 Å². The van der Waals surface area contributed by atoms with Gasteiger partial charge in [0.15, 0.2) is 0 Å². The van der Waals surface area contributed by atoms with Crippen molar-refractivity contribution >= 4 is 11.9 Å². The lowest BCUT2D eigenvalue weighted by molar-refractivity contribution is 0.0241. The number of nitrogens with zero attached hydrogens (tertiary/aromatic N) is 2. The third kappa shape index (κ3) is 3.74. The van der Waals surface area contributed by atoms with Gasteiger partial charge < -0.3 is 0 Å². The van der Waals surface area contributed by atoms with Gasteiger partial charge in [0, 0.05) is 0 Å². The summed E-state index contributed by atoms with van der Waals surface area (Å²) in [6, 6.07) is 16.5. The highest BCUT2D eigenvalue weighted by molar-refractivity contribution is 5.89. The normalized spacial score (nSPS) is 10.2. The van der Waals surface area contributed by atoms with Gasteiger partial charge in [0.2, 0.25) is 0 Å². The summed E-state index contributed by atoms with van der Waals surface area (Å²) in [5.41, 5.74) is 0.640. The third-order valence-electron chi connectivity index (χ3n) is 2.30. The number of hydrogen-bond acceptors (Lipinski definition) is 6. The quantitative estimate of drug-likeness (QED) is 0.632. The fourth-order valence-corrected chi connectivity index (χ4v) is 1.36. The summed E-state index contributed by atoms with van der Waals surface area (Å²) in [4.78, 5) is 31.8. The fraction of sp³-hybridized carbons (Fsp3) is 0. The van der Waals surface area contributed by atoms with E-state index in [0.29, 0.717) is 11.1 Å². The molecule has 0 bridgehead atoms. The molecule has 0 saturated carbocycles. The molecule has 20 heavy (non-hydrogen) atoms. The van der Waals surface area contributed by atoms with Gasteiger partial charge in [-0.3, -0.25) is 9.68 Å². The van der Waals surface area contributed by atoms with Crippen molar-refractivity contribution in [3.05, 3.63) is 71.8 Å². The van der Waals surface area contributed by atoms with Crippen LogP contribution < -0.4 is 0 Å². The Kier molecular flexibility index (Phi) is 4.55. The van der Waals surface area contributed by atoms with Gasteiger partial charge in [-0.15, -0.1) is 0 Å². The fourth-order valence-electron chi connectivity index (χ4n) is 1.36. The largest absolute Gasteiger partial charge is 0.367 e. The highest BCUT2D eigenvalue weighted by Gasteiger charge is 2.07. The van der Waals surface area contributed by atoms with Gasteiger partial charge in [0.25, 0.3) is 0 Å². The average molecular weight is 270 g/mol. The first-order chi connectivity index (χ1) is 9.77. The van der Waals surface area contributed by atoms with E-state index in [9.17, 15) is 9.59 Å². The van der Waals surface area contributed by atoms with Crippen LogP contribution in [0.25, 0.3) is 0 Å². The van der Waals surface area contributed by atoms with E-state index in [-0.39, 0.29) is 0 Å². The van der Waals surface area contributed by atoms with Crippen molar-refractivity contribution < 1.29 is 19.3 Å². The van der Waals surface area contributed by atoms with Crippen molar-refractivity contribution in [2.75, 3.05) is 0 Å².